The summed E-state index contributed by atoms with van der Waals surface area (Å²) in [5, 5.41) is 6.90. The Morgan fingerprint density at radius 2 is 1.60 bits per heavy atom. The summed E-state index contributed by atoms with van der Waals surface area (Å²) in [5.41, 5.74) is 3.96. The first-order valence-corrected chi connectivity index (χ1v) is 23.6. The predicted octanol–water partition coefficient (Wildman–Crippen LogP) is 7.66. The second-order valence-electron chi connectivity index (χ2n) is 17.4. The maximum atomic E-state index is 13.9. The SMILES string of the molecule is CCOc1ccccc1-n1c(CN2CCN(C(=O)COc3ccc(CNC/C=C/C=C/CN4C5CCCC4CC(OC(=O)Nc4cc(C)ccc4OC)C5)cc3)CC2)nc2ccccc2c1=O. The van der Waals surface area contributed by atoms with Crippen molar-refractivity contribution in [3.8, 4) is 22.9 Å². The Morgan fingerprint density at radius 3 is 2.37 bits per heavy atom. The average Bonchev–Trinajstić information content (AvgIpc) is 3.33. The van der Waals surface area contributed by atoms with Gasteiger partial charge in [0.1, 0.15) is 29.2 Å². The number of carbonyl (C=O) groups is 2. The van der Waals surface area contributed by atoms with E-state index in [1.165, 1.54) is 6.42 Å². The number of hydrogen-bond acceptors (Lipinski definition) is 11. The molecule has 5 aromatic rings. The maximum absolute atomic E-state index is 13.9. The minimum Gasteiger partial charge on any atom is -0.495 e. The van der Waals surface area contributed by atoms with Crippen molar-refractivity contribution in [3.63, 3.8) is 0 Å². The molecule has 2 N–H and O–H groups in total. The molecule has 0 spiro atoms. The lowest BCUT2D eigenvalue weighted by Gasteiger charge is -2.48. The number of hydrogen-bond donors (Lipinski definition) is 2. The van der Waals surface area contributed by atoms with E-state index in [0.29, 0.717) is 103 Å². The van der Waals surface area contributed by atoms with E-state index in [4.69, 9.17) is 23.9 Å². The fourth-order valence-corrected chi connectivity index (χ4v) is 9.49. The van der Waals surface area contributed by atoms with E-state index in [0.717, 1.165) is 49.9 Å². The Labute approximate surface area is 393 Å². The number of piperidine rings is 2. The lowest BCUT2D eigenvalue weighted by molar-refractivity contribution is -0.135. The number of rotatable bonds is 18. The summed E-state index contributed by atoms with van der Waals surface area (Å²) in [5.74, 6) is 2.46. The van der Waals surface area contributed by atoms with Gasteiger partial charge in [0, 0.05) is 70.7 Å². The number of methoxy groups -OCH3 is 1. The van der Waals surface area contributed by atoms with Crippen LogP contribution in [0.15, 0.2) is 120 Å². The Kier molecular flexibility index (Phi) is 16.0. The summed E-state index contributed by atoms with van der Waals surface area (Å²) in [6.07, 6.45) is 13.1. The van der Waals surface area contributed by atoms with Gasteiger partial charge in [-0.05, 0) is 86.3 Å². The van der Waals surface area contributed by atoms with E-state index in [1.54, 1.807) is 17.7 Å². The van der Waals surface area contributed by atoms with E-state index in [9.17, 15) is 14.4 Å². The van der Waals surface area contributed by atoms with Gasteiger partial charge < -0.3 is 29.2 Å². The maximum Gasteiger partial charge on any atom is 0.412 e. The van der Waals surface area contributed by atoms with E-state index < -0.39 is 6.09 Å². The third kappa shape index (κ3) is 12.1. The number of aromatic nitrogens is 2. The number of anilines is 1. The predicted molar refractivity (Wildman–Crippen MR) is 261 cm³/mol. The third-order valence-corrected chi connectivity index (χ3v) is 12.9. The highest BCUT2D eigenvalue weighted by molar-refractivity contribution is 5.87. The summed E-state index contributed by atoms with van der Waals surface area (Å²) < 4.78 is 24.8. The van der Waals surface area contributed by atoms with Crippen LogP contribution in [0.3, 0.4) is 0 Å². The van der Waals surface area contributed by atoms with Gasteiger partial charge in [0.15, 0.2) is 6.61 Å². The first-order valence-electron chi connectivity index (χ1n) is 23.6. The van der Waals surface area contributed by atoms with Crippen LogP contribution in [0, 0.1) is 6.92 Å². The van der Waals surface area contributed by atoms with Crippen LogP contribution in [0.25, 0.3) is 16.6 Å². The molecule has 0 radical (unpaired) electrons. The molecule has 4 heterocycles. The molecule has 0 aliphatic carbocycles. The number of benzene rings is 4. The molecule has 8 rings (SSSR count). The van der Waals surface area contributed by atoms with Crippen molar-refractivity contribution < 1.29 is 28.5 Å². The van der Waals surface area contributed by atoms with E-state index in [1.807, 2.05) is 104 Å². The molecule has 3 fully saturated rings. The number of ether oxygens (including phenoxy) is 4. The van der Waals surface area contributed by atoms with Gasteiger partial charge >= 0.3 is 6.09 Å². The molecule has 1 aromatic heterocycles. The monoisotopic (exact) mass is 909 g/mol. The van der Waals surface area contributed by atoms with Crippen molar-refractivity contribution in [3.05, 3.63) is 143 Å². The molecule has 67 heavy (non-hydrogen) atoms. The van der Waals surface area contributed by atoms with E-state index in [-0.39, 0.29) is 24.2 Å². The largest absolute Gasteiger partial charge is 0.495 e. The molecule has 14 nitrogen and oxygen atoms in total. The number of allylic oxidation sites excluding steroid dienone is 2. The summed E-state index contributed by atoms with van der Waals surface area (Å²) in [4.78, 5) is 51.5. The zero-order valence-electron chi connectivity index (χ0n) is 38.9. The Bertz CT molecular complexity index is 2570. The molecule has 0 saturated carbocycles. The third-order valence-electron chi connectivity index (χ3n) is 12.9. The van der Waals surface area contributed by atoms with Crippen LogP contribution in [-0.2, 0) is 22.6 Å². The van der Waals surface area contributed by atoms with Crippen molar-refractivity contribution in [1.82, 2.24) is 29.6 Å². The molecule has 3 saturated heterocycles. The number of nitrogens with one attached hydrogen (secondary N) is 2. The second-order valence-corrected chi connectivity index (χ2v) is 17.4. The first-order chi connectivity index (χ1) is 32.8. The molecule has 352 valence electrons. The summed E-state index contributed by atoms with van der Waals surface area (Å²) in [6.45, 7) is 9.49. The molecule has 3 aliphatic heterocycles. The minimum atomic E-state index is -0.429. The molecule has 14 heteroatoms. The Hall–Kier alpha value is -6.48. The van der Waals surface area contributed by atoms with Crippen LogP contribution in [-0.4, -0.2) is 114 Å². The highest BCUT2D eigenvalue weighted by Gasteiger charge is 2.39. The fraction of sp³-hybridized carbons (Fsp3) is 0.396. The molecule has 3 aliphatic rings. The summed E-state index contributed by atoms with van der Waals surface area (Å²) in [7, 11) is 1.59. The summed E-state index contributed by atoms with van der Waals surface area (Å²) in [6, 6.07) is 29.3. The van der Waals surface area contributed by atoms with Gasteiger partial charge in [0.05, 0.1) is 42.5 Å². The molecular weight excluding hydrogens is 847 g/mol. The van der Waals surface area contributed by atoms with Gasteiger partial charge in [0.2, 0.25) is 0 Å². The number of nitrogens with zero attached hydrogens (tertiary/aromatic N) is 5. The topological polar surface area (TPSA) is 140 Å². The smallest absolute Gasteiger partial charge is 0.412 e. The van der Waals surface area contributed by atoms with Crippen LogP contribution in [0.1, 0.15) is 56.0 Å². The van der Waals surface area contributed by atoms with Gasteiger partial charge in [-0.2, -0.15) is 0 Å². The number of aryl methyl sites for hydroxylation is 1. The van der Waals surface area contributed by atoms with Gasteiger partial charge in [-0.15, -0.1) is 0 Å². The van der Waals surface area contributed by atoms with Crippen LogP contribution < -0.4 is 30.4 Å². The van der Waals surface area contributed by atoms with Crippen molar-refractivity contribution >= 4 is 28.6 Å². The molecule has 2 amide bonds. The molecule has 2 bridgehead atoms. The number of carbonyl (C=O) groups excluding carboxylic acids is 2. The minimum absolute atomic E-state index is 0.0338. The standard InChI is InChI=1S/C53H63N7O7/c1-4-65-49-19-10-9-18-47(49)60-50(55-45-17-8-7-16-44(45)52(60)62)36-57-28-30-58(31-29-57)51(61)37-66-42-23-21-39(22-24-42)35-54-26-11-5-6-12-27-59-40-14-13-15-41(59)34-43(33-40)67-53(63)56-46-32-38(2)20-25-48(46)64-3/h5-12,16-25,32,40-41,43,54H,4,13-15,26-31,33-37H2,1-3H3,(H,56,63)/b11-5+,12-6+. The number of amides is 2. The number of fused-ring (bicyclic) bond motifs is 3. The average molecular weight is 910 g/mol. The number of para-hydroxylation sites is 3. The van der Waals surface area contributed by atoms with Crippen molar-refractivity contribution in [2.45, 2.75) is 77.2 Å². The quantitative estimate of drug-likeness (QED) is 0.0662. The first kappa shape index (κ1) is 47.0. The van der Waals surface area contributed by atoms with Crippen LogP contribution >= 0.6 is 0 Å². The van der Waals surface area contributed by atoms with Gasteiger partial charge in [0.25, 0.3) is 11.5 Å². The molecule has 4 aromatic carbocycles. The van der Waals surface area contributed by atoms with Gasteiger partial charge in [-0.25, -0.2) is 9.78 Å². The highest BCUT2D eigenvalue weighted by Crippen LogP contribution is 2.36. The second kappa shape index (κ2) is 22.8. The van der Waals surface area contributed by atoms with E-state index >= 15 is 0 Å². The van der Waals surface area contributed by atoms with Crippen LogP contribution in [0.5, 0.6) is 17.2 Å². The lowest BCUT2D eigenvalue weighted by atomic mass is 9.83. The fourth-order valence-electron chi connectivity index (χ4n) is 9.49. The van der Waals surface area contributed by atoms with Gasteiger partial charge in [-0.1, -0.05) is 73.2 Å². The summed E-state index contributed by atoms with van der Waals surface area (Å²) >= 11 is 0. The van der Waals surface area contributed by atoms with Crippen LogP contribution in [0.2, 0.25) is 0 Å². The zero-order chi connectivity index (χ0) is 46.5. The Morgan fingerprint density at radius 1 is 0.851 bits per heavy atom. The normalized spacial score (nSPS) is 18.9. The van der Waals surface area contributed by atoms with Gasteiger partial charge in [-0.3, -0.25) is 29.3 Å². The van der Waals surface area contributed by atoms with Crippen LogP contribution in [0.4, 0.5) is 10.5 Å². The molecule has 2 atom stereocenters. The number of piperazine rings is 1. The Balaban J connectivity index is 0.729. The van der Waals surface area contributed by atoms with E-state index in [2.05, 4.69) is 44.7 Å². The molecular formula is C53H63N7O7. The van der Waals surface area contributed by atoms with Crippen molar-refractivity contribution in [2.24, 2.45) is 0 Å². The zero-order valence-corrected chi connectivity index (χ0v) is 38.9. The lowest BCUT2D eigenvalue weighted by Crippen LogP contribution is -2.54. The molecule has 2 unspecified atom stereocenters. The van der Waals surface area contributed by atoms with Crippen molar-refractivity contribution in [2.75, 3.05) is 64.9 Å². The highest BCUT2D eigenvalue weighted by atomic mass is 16.6. The van der Waals surface area contributed by atoms with Crippen molar-refractivity contribution in [1.29, 1.82) is 0 Å².